The number of likely N-dealkylation sites (tertiary alicyclic amines) is 1. The van der Waals surface area contributed by atoms with Gasteiger partial charge in [0.25, 0.3) is 0 Å². The quantitative estimate of drug-likeness (QED) is 0.612. The molecule has 0 aliphatic carbocycles. The van der Waals surface area contributed by atoms with Crippen molar-refractivity contribution < 1.29 is 14.2 Å². The lowest BCUT2D eigenvalue weighted by Crippen LogP contribution is -2.33. The first-order valence-corrected chi connectivity index (χ1v) is 9.68. The van der Waals surface area contributed by atoms with Gasteiger partial charge in [0, 0.05) is 23.7 Å². The van der Waals surface area contributed by atoms with E-state index in [-0.39, 0.29) is 11.7 Å². The molecule has 0 amide bonds. The Kier molecular flexibility index (Phi) is 5.58. The topological polar surface area (TPSA) is 60.9 Å². The first kappa shape index (κ1) is 18.5. The van der Waals surface area contributed by atoms with Gasteiger partial charge in [0.2, 0.25) is 0 Å². The molecule has 1 saturated heterocycles. The van der Waals surface area contributed by atoms with E-state index in [9.17, 15) is 9.50 Å². The Bertz CT molecular complexity index is 960. The molecule has 0 bridgehead atoms. The van der Waals surface area contributed by atoms with Gasteiger partial charge in [-0.15, -0.1) is 0 Å². The summed E-state index contributed by atoms with van der Waals surface area (Å²) in [5, 5.41) is 10.7. The molecular formula is C22H24FN3O2. The van der Waals surface area contributed by atoms with Crippen LogP contribution in [0.5, 0.6) is 11.6 Å². The van der Waals surface area contributed by atoms with Crippen molar-refractivity contribution in [2.45, 2.75) is 19.3 Å². The summed E-state index contributed by atoms with van der Waals surface area (Å²) in [5.74, 6) is 0.433. The fraction of sp³-hybridized carbons (Fsp3) is 0.318. The number of benzene rings is 2. The number of rotatable bonds is 6. The van der Waals surface area contributed by atoms with Crippen molar-refractivity contribution in [3.63, 3.8) is 0 Å². The molecule has 1 aromatic heterocycles. The molecule has 0 unspecified atom stereocenters. The van der Waals surface area contributed by atoms with Gasteiger partial charge in [-0.1, -0.05) is 6.42 Å². The van der Waals surface area contributed by atoms with Crippen molar-refractivity contribution in [3.8, 4) is 11.6 Å². The Morgan fingerprint density at radius 1 is 1.11 bits per heavy atom. The molecule has 28 heavy (non-hydrogen) atoms. The van der Waals surface area contributed by atoms with Crippen LogP contribution >= 0.6 is 0 Å². The van der Waals surface area contributed by atoms with E-state index >= 15 is 0 Å². The number of aromatic hydroxyl groups is 1. The van der Waals surface area contributed by atoms with Crippen LogP contribution in [-0.4, -0.2) is 47.4 Å². The van der Waals surface area contributed by atoms with E-state index in [1.54, 1.807) is 12.3 Å². The minimum Gasteiger partial charge on any atom is -0.494 e. The molecule has 0 saturated carbocycles. The van der Waals surface area contributed by atoms with Gasteiger partial charge in [-0.3, -0.25) is 9.89 Å². The second-order valence-corrected chi connectivity index (χ2v) is 7.08. The van der Waals surface area contributed by atoms with Gasteiger partial charge in [-0.25, -0.2) is 4.39 Å². The summed E-state index contributed by atoms with van der Waals surface area (Å²) < 4.78 is 19.3. The first-order valence-electron chi connectivity index (χ1n) is 9.68. The SMILES string of the molecule is Oc1[nH]c2ccc(F)cc2c1C=Nc1ccc(OCCN2CCCCC2)cc1. The highest BCUT2D eigenvalue weighted by Crippen LogP contribution is 2.27. The molecule has 1 aliphatic heterocycles. The lowest BCUT2D eigenvalue weighted by molar-refractivity contribution is 0.183. The Morgan fingerprint density at radius 2 is 1.89 bits per heavy atom. The molecule has 2 heterocycles. The molecule has 5 nitrogen and oxygen atoms in total. The zero-order valence-corrected chi connectivity index (χ0v) is 15.7. The van der Waals surface area contributed by atoms with Crippen LogP contribution in [0.15, 0.2) is 47.5 Å². The van der Waals surface area contributed by atoms with Crippen molar-refractivity contribution in [1.29, 1.82) is 0 Å². The van der Waals surface area contributed by atoms with Crippen LogP contribution in [0.2, 0.25) is 0 Å². The molecule has 1 aliphatic rings. The standard InChI is InChI=1S/C22H24FN3O2/c23-16-4-9-21-19(14-16)20(22(27)25-21)15-24-17-5-7-18(8-6-17)28-13-12-26-10-2-1-3-11-26/h4-9,14-15,25,27H,1-3,10-13H2. The van der Waals surface area contributed by atoms with Gasteiger partial charge in [0.1, 0.15) is 18.2 Å². The maximum Gasteiger partial charge on any atom is 0.198 e. The molecule has 2 aromatic carbocycles. The highest BCUT2D eigenvalue weighted by Gasteiger charge is 2.10. The normalized spacial score (nSPS) is 15.5. The molecule has 2 N–H and O–H groups in total. The van der Waals surface area contributed by atoms with E-state index in [4.69, 9.17) is 4.74 Å². The second-order valence-electron chi connectivity index (χ2n) is 7.08. The number of H-pyrrole nitrogens is 1. The molecule has 4 rings (SSSR count). The number of aliphatic imine (C=N–C) groups is 1. The number of aromatic amines is 1. The minimum absolute atomic E-state index is 0.0259. The average molecular weight is 381 g/mol. The predicted octanol–water partition coefficient (Wildman–Crippen LogP) is 4.63. The summed E-state index contributed by atoms with van der Waals surface area (Å²) >= 11 is 0. The molecule has 1 fully saturated rings. The van der Waals surface area contributed by atoms with Gasteiger partial charge in [0.15, 0.2) is 5.88 Å². The number of piperidine rings is 1. The fourth-order valence-corrected chi connectivity index (χ4v) is 3.54. The van der Waals surface area contributed by atoms with Crippen molar-refractivity contribution in [2.75, 3.05) is 26.2 Å². The third kappa shape index (κ3) is 4.34. The van der Waals surface area contributed by atoms with Gasteiger partial charge >= 0.3 is 0 Å². The van der Waals surface area contributed by atoms with E-state index in [0.29, 0.717) is 23.1 Å². The number of fused-ring (bicyclic) bond motifs is 1. The Balaban J connectivity index is 1.38. The molecule has 3 aromatic rings. The predicted molar refractivity (Wildman–Crippen MR) is 109 cm³/mol. The summed E-state index contributed by atoms with van der Waals surface area (Å²) in [6, 6.07) is 11.8. The van der Waals surface area contributed by atoms with Crippen molar-refractivity contribution in [2.24, 2.45) is 4.99 Å². The van der Waals surface area contributed by atoms with Gasteiger partial charge in [0.05, 0.1) is 11.3 Å². The third-order valence-electron chi connectivity index (χ3n) is 5.08. The average Bonchev–Trinajstić information content (AvgIpc) is 3.02. The molecule has 146 valence electrons. The smallest absolute Gasteiger partial charge is 0.198 e. The van der Waals surface area contributed by atoms with Crippen molar-refractivity contribution >= 4 is 22.8 Å². The largest absolute Gasteiger partial charge is 0.494 e. The number of halogens is 1. The molecule has 0 atom stereocenters. The van der Waals surface area contributed by atoms with E-state index < -0.39 is 0 Å². The monoisotopic (exact) mass is 381 g/mol. The van der Waals surface area contributed by atoms with E-state index in [0.717, 1.165) is 18.0 Å². The van der Waals surface area contributed by atoms with Crippen LogP contribution in [0.4, 0.5) is 10.1 Å². The number of ether oxygens (including phenoxy) is 1. The number of hydrogen-bond donors (Lipinski definition) is 2. The maximum absolute atomic E-state index is 13.5. The molecule has 6 heteroatoms. The number of hydrogen-bond acceptors (Lipinski definition) is 4. The summed E-state index contributed by atoms with van der Waals surface area (Å²) in [5.41, 5.74) is 1.86. The van der Waals surface area contributed by atoms with Crippen LogP contribution < -0.4 is 4.74 Å². The van der Waals surface area contributed by atoms with Gasteiger partial charge < -0.3 is 14.8 Å². The van der Waals surface area contributed by atoms with Crippen molar-refractivity contribution in [3.05, 3.63) is 53.8 Å². The summed E-state index contributed by atoms with van der Waals surface area (Å²) in [7, 11) is 0. The van der Waals surface area contributed by atoms with Crippen LogP contribution in [0.25, 0.3) is 10.9 Å². The second kappa shape index (κ2) is 8.44. The summed E-state index contributed by atoms with van der Waals surface area (Å²) in [6.07, 6.45) is 5.45. The highest BCUT2D eigenvalue weighted by atomic mass is 19.1. The fourth-order valence-electron chi connectivity index (χ4n) is 3.54. The van der Waals surface area contributed by atoms with Crippen molar-refractivity contribution in [1.82, 2.24) is 9.88 Å². The van der Waals surface area contributed by atoms with E-state index in [1.165, 1.54) is 44.5 Å². The lowest BCUT2D eigenvalue weighted by Gasteiger charge is -2.26. The van der Waals surface area contributed by atoms with E-state index in [2.05, 4.69) is 14.9 Å². The zero-order chi connectivity index (χ0) is 19.3. The summed E-state index contributed by atoms with van der Waals surface area (Å²) in [6.45, 7) is 3.97. The number of aromatic nitrogens is 1. The summed E-state index contributed by atoms with van der Waals surface area (Å²) in [4.78, 5) is 9.66. The third-order valence-corrected chi connectivity index (χ3v) is 5.08. The van der Waals surface area contributed by atoms with Crippen LogP contribution in [0, 0.1) is 5.82 Å². The molecular weight excluding hydrogens is 357 g/mol. The van der Waals surface area contributed by atoms with Crippen LogP contribution in [0.1, 0.15) is 24.8 Å². The Hall–Kier alpha value is -2.86. The van der Waals surface area contributed by atoms with Crippen LogP contribution in [0.3, 0.4) is 0 Å². The highest BCUT2D eigenvalue weighted by molar-refractivity contribution is 6.02. The van der Waals surface area contributed by atoms with Gasteiger partial charge in [-0.2, -0.15) is 0 Å². The Morgan fingerprint density at radius 3 is 2.68 bits per heavy atom. The number of nitrogens with one attached hydrogen (secondary N) is 1. The Labute approximate surface area is 163 Å². The maximum atomic E-state index is 13.5. The first-order chi connectivity index (χ1) is 13.7. The minimum atomic E-state index is -0.354. The van der Waals surface area contributed by atoms with E-state index in [1.807, 2.05) is 24.3 Å². The molecule has 0 radical (unpaired) electrons. The zero-order valence-electron chi connectivity index (χ0n) is 15.7. The molecule has 0 spiro atoms. The van der Waals surface area contributed by atoms with Crippen LogP contribution in [-0.2, 0) is 0 Å². The number of nitrogens with zero attached hydrogens (tertiary/aromatic N) is 2. The van der Waals surface area contributed by atoms with Gasteiger partial charge in [-0.05, 0) is 68.4 Å². The lowest BCUT2D eigenvalue weighted by atomic mass is 10.1.